The number of hydrogen-bond acceptors (Lipinski definition) is 2. The van der Waals surface area contributed by atoms with Gasteiger partial charge in [-0.3, -0.25) is 0 Å². The van der Waals surface area contributed by atoms with Gasteiger partial charge in [0.05, 0.1) is 5.56 Å². The summed E-state index contributed by atoms with van der Waals surface area (Å²) in [5, 5.41) is 0. The van der Waals surface area contributed by atoms with Crippen molar-refractivity contribution < 1.29 is 18.3 Å². The van der Waals surface area contributed by atoms with Crippen LogP contribution in [-0.4, -0.2) is 12.1 Å². The maximum absolute atomic E-state index is 13.7. The molecule has 1 unspecified atom stereocenters. The highest BCUT2D eigenvalue weighted by Gasteiger charge is 2.19. The number of unbranched alkanes of at least 4 members (excludes halogenated alkanes) is 8. The van der Waals surface area contributed by atoms with Crippen molar-refractivity contribution in [1.82, 2.24) is 0 Å². The molecule has 0 aliphatic rings. The first-order valence-electron chi connectivity index (χ1n) is 10.2. The maximum atomic E-state index is 13.7. The summed E-state index contributed by atoms with van der Waals surface area (Å²) < 4.78 is 32.4. The van der Waals surface area contributed by atoms with Gasteiger partial charge < -0.3 is 4.74 Å². The van der Waals surface area contributed by atoms with Crippen molar-refractivity contribution in [3.63, 3.8) is 0 Å². The predicted molar refractivity (Wildman–Crippen MR) is 102 cm³/mol. The second-order valence-electron chi connectivity index (χ2n) is 7.06. The first-order valence-corrected chi connectivity index (χ1v) is 10.2. The summed E-state index contributed by atoms with van der Waals surface area (Å²) in [6.07, 6.45) is 13.4. The lowest BCUT2D eigenvalue weighted by molar-refractivity contribution is 0.0248. The third-order valence-electron chi connectivity index (χ3n) is 4.66. The molecule has 0 saturated heterocycles. The average Bonchev–Trinajstić information content (AvgIpc) is 2.62. The standard InChI is InChI=1S/C22H34F2O2/c1-3-5-6-7-8-9-10-11-12-14-19(13-4-2)26-22(25)20-17-18(23)15-16-21(20)24/h15-17,19H,3-14H2,1-2H3. The van der Waals surface area contributed by atoms with E-state index in [1.165, 1.54) is 44.9 Å². The van der Waals surface area contributed by atoms with Gasteiger partial charge in [0.1, 0.15) is 17.7 Å². The number of rotatable bonds is 14. The molecule has 4 heteroatoms. The molecule has 0 saturated carbocycles. The molecule has 148 valence electrons. The fraction of sp³-hybridized carbons (Fsp3) is 0.682. The number of carbonyl (C=O) groups is 1. The van der Waals surface area contributed by atoms with Crippen LogP contribution in [0.1, 0.15) is 101 Å². The molecule has 1 aromatic rings. The molecule has 0 amide bonds. The first-order chi connectivity index (χ1) is 12.6. The Morgan fingerprint density at radius 3 is 2.12 bits per heavy atom. The van der Waals surface area contributed by atoms with Gasteiger partial charge in [-0.1, -0.05) is 71.6 Å². The van der Waals surface area contributed by atoms with Crippen LogP contribution in [0, 0.1) is 11.6 Å². The van der Waals surface area contributed by atoms with E-state index in [4.69, 9.17) is 4.74 Å². The molecule has 0 spiro atoms. The molecule has 1 rings (SSSR count). The molecule has 1 aromatic carbocycles. The molecule has 0 aliphatic heterocycles. The van der Waals surface area contributed by atoms with Crippen molar-refractivity contribution in [3.8, 4) is 0 Å². The Balaban J connectivity index is 2.30. The summed E-state index contributed by atoms with van der Waals surface area (Å²) in [5.74, 6) is -2.14. The molecule has 2 nitrogen and oxygen atoms in total. The summed E-state index contributed by atoms with van der Waals surface area (Å²) in [5.41, 5.74) is -0.321. The Hall–Kier alpha value is -1.45. The van der Waals surface area contributed by atoms with Crippen LogP contribution in [0.25, 0.3) is 0 Å². The molecule has 0 aliphatic carbocycles. The van der Waals surface area contributed by atoms with Crippen molar-refractivity contribution in [2.45, 2.75) is 97.0 Å². The number of hydrogen-bond donors (Lipinski definition) is 0. The van der Waals surface area contributed by atoms with E-state index in [2.05, 4.69) is 6.92 Å². The van der Waals surface area contributed by atoms with Gasteiger partial charge in [-0.15, -0.1) is 0 Å². The lowest BCUT2D eigenvalue weighted by Gasteiger charge is -2.17. The molecular weight excluding hydrogens is 334 g/mol. The average molecular weight is 369 g/mol. The Morgan fingerprint density at radius 1 is 0.885 bits per heavy atom. The van der Waals surface area contributed by atoms with E-state index in [9.17, 15) is 13.6 Å². The van der Waals surface area contributed by atoms with Gasteiger partial charge >= 0.3 is 5.97 Å². The normalized spacial score (nSPS) is 12.2. The van der Waals surface area contributed by atoms with Gasteiger partial charge in [0.25, 0.3) is 0 Å². The molecule has 1 atom stereocenters. The van der Waals surface area contributed by atoms with E-state index in [-0.39, 0.29) is 11.7 Å². The highest BCUT2D eigenvalue weighted by molar-refractivity contribution is 5.89. The van der Waals surface area contributed by atoms with Crippen LogP contribution in [0.2, 0.25) is 0 Å². The van der Waals surface area contributed by atoms with Crippen LogP contribution in [0.5, 0.6) is 0 Å². The largest absolute Gasteiger partial charge is 0.459 e. The number of benzene rings is 1. The van der Waals surface area contributed by atoms with E-state index in [0.29, 0.717) is 0 Å². The summed E-state index contributed by atoms with van der Waals surface area (Å²) in [6, 6.07) is 2.86. The zero-order valence-corrected chi connectivity index (χ0v) is 16.4. The summed E-state index contributed by atoms with van der Waals surface area (Å²) in [4.78, 5) is 12.1. The lowest BCUT2D eigenvalue weighted by atomic mass is 10.0. The first kappa shape index (κ1) is 22.6. The summed E-state index contributed by atoms with van der Waals surface area (Å²) >= 11 is 0. The second-order valence-corrected chi connectivity index (χ2v) is 7.06. The van der Waals surface area contributed by atoms with Crippen LogP contribution in [0.3, 0.4) is 0 Å². The summed E-state index contributed by atoms with van der Waals surface area (Å²) in [6.45, 7) is 4.25. The van der Waals surface area contributed by atoms with E-state index >= 15 is 0 Å². The van der Waals surface area contributed by atoms with Crippen LogP contribution >= 0.6 is 0 Å². The van der Waals surface area contributed by atoms with E-state index in [1.807, 2.05) is 6.92 Å². The molecule has 0 fully saturated rings. The SMILES string of the molecule is CCCCCCCCCCCC(CCC)OC(=O)c1cc(F)ccc1F. The third kappa shape index (κ3) is 9.30. The fourth-order valence-corrected chi connectivity index (χ4v) is 3.14. The van der Waals surface area contributed by atoms with Gasteiger partial charge in [0.2, 0.25) is 0 Å². The predicted octanol–water partition coefficient (Wildman–Crippen LogP) is 7.21. The van der Waals surface area contributed by atoms with Crippen molar-refractivity contribution in [2.24, 2.45) is 0 Å². The van der Waals surface area contributed by atoms with Crippen molar-refractivity contribution in [1.29, 1.82) is 0 Å². The van der Waals surface area contributed by atoms with Crippen molar-refractivity contribution in [2.75, 3.05) is 0 Å². The number of ether oxygens (including phenoxy) is 1. The van der Waals surface area contributed by atoms with Crippen LogP contribution < -0.4 is 0 Å². The van der Waals surface area contributed by atoms with Crippen LogP contribution in [-0.2, 0) is 4.74 Å². The lowest BCUT2D eigenvalue weighted by Crippen LogP contribution is -2.19. The zero-order chi connectivity index (χ0) is 19.2. The Labute approximate surface area is 157 Å². The molecule has 0 radical (unpaired) electrons. The Kier molecular flexibility index (Phi) is 11.9. The minimum atomic E-state index is -0.767. The maximum Gasteiger partial charge on any atom is 0.341 e. The van der Waals surface area contributed by atoms with Gasteiger partial charge in [-0.05, 0) is 37.5 Å². The molecule has 0 N–H and O–H groups in total. The van der Waals surface area contributed by atoms with Crippen molar-refractivity contribution >= 4 is 5.97 Å². The van der Waals surface area contributed by atoms with E-state index in [0.717, 1.165) is 50.3 Å². The highest BCUT2D eigenvalue weighted by Crippen LogP contribution is 2.18. The van der Waals surface area contributed by atoms with Gasteiger partial charge in [0.15, 0.2) is 0 Å². The molecule has 26 heavy (non-hydrogen) atoms. The van der Waals surface area contributed by atoms with Gasteiger partial charge in [0, 0.05) is 0 Å². The van der Waals surface area contributed by atoms with Gasteiger partial charge in [-0.25, -0.2) is 13.6 Å². The highest BCUT2D eigenvalue weighted by atomic mass is 19.1. The topological polar surface area (TPSA) is 26.3 Å². The fourth-order valence-electron chi connectivity index (χ4n) is 3.14. The molecule has 0 aromatic heterocycles. The number of halogens is 2. The van der Waals surface area contributed by atoms with Crippen LogP contribution in [0.4, 0.5) is 8.78 Å². The Bertz CT molecular complexity index is 517. The Morgan fingerprint density at radius 2 is 1.50 bits per heavy atom. The van der Waals surface area contributed by atoms with E-state index in [1.54, 1.807) is 0 Å². The third-order valence-corrected chi connectivity index (χ3v) is 4.66. The minimum Gasteiger partial charge on any atom is -0.459 e. The van der Waals surface area contributed by atoms with Crippen molar-refractivity contribution in [3.05, 3.63) is 35.4 Å². The number of carbonyl (C=O) groups excluding carboxylic acids is 1. The molecule has 0 heterocycles. The second kappa shape index (κ2) is 13.7. The minimum absolute atomic E-state index is 0.222. The van der Waals surface area contributed by atoms with Gasteiger partial charge in [-0.2, -0.15) is 0 Å². The monoisotopic (exact) mass is 368 g/mol. The molecule has 0 bridgehead atoms. The summed E-state index contributed by atoms with van der Waals surface area (Å²) in [7, 11) is 0. The zero-order valence-electron chi connectivity index (χ0n) is 16.4. The number of esters is 1. The van der Waals surface area contributed by atoms with E-state index < -0.39 is 17.6 Å². The smallest absolute Gasteiger partial charge is 0.341 e. The molecular formula is C22H34F2O2. The quantitative estimate of drug-likeness (QED) is 0.256. The van der Waals surface area contributed by atoms with Crippen LogP contribution in [0.15, 0.2) is 18.2 Å².